The molecule has 1 saturated heterocycles. The Kier molecular flexibility index (Phi) is 3.83. The van der Waals surface area contributed by atoms with Crippen molar-refractivity contribution in [2.45, 2.75) is 19.4 Å². The number of nitrogens with one attached hydrogen (secondary N) is 1. The van der Waals surface area contributed by atoms with Crippen molar-refractivity contribution in [1.29, 1.82) is 0 Å². The normalized spacial score (nSPS) is 18.4. The molecule has 0 aliphatic carbocycles. The van der Waals surface area contributed by atoms with Crippen LogP contribution in [0.25, 0.3) is 22.4 Å². The van der Waals surface area contributed by atoms with Gasteiger partial charge in [-0.2, -0.15) is 0 Å². The second kappa shape index (κ2) is 6.13. The summed E-state index contributed by atoms with van der Waals surface area (Å²) < 4.78 is 16.5. The average Bonchev–Trinajstić information content (AvgIpc) is 2.95. The predicted molar refractivity (Wildman–Crippen MR) is 90.7 cm³/mol. The highest BCUT2D eigenvalue weighted by atomic mass is 19.1. The fourth-order valence-electron chi connectivity index (χ4n) is 3.45. The summed E-state index contributed by atoms with van der Waals surface area (Å²) >= 11 is 0. The van der Waals surface area contributed by atoms with Crippen molar-refractivity contribution in [3.63, 3.8) is 0 Å². The maximum Gasteiger partial charge on any atom is 0.144 e. The molecule has 4 heteroatoms. The second-order valence-electron chi connectivity index (χ2n) is 6.23. The molecule has 1 aliphatic heterocycles. The lowest BCUT2D eigenvalue weighted by atomic mass is 9.99. The Morgan fingerprint density at radius 1 is 1.13 bits per heavy atom. The van der Waals surface area contributed by atoms with Crippen LogP contribution in [0.2, 0.25) is 0 Å². The molecule has 1 fully saturated rings. The molecule has 0 saturated carbocycles. The summed E-state index contributed by atoms with van der Waals surface area (Å²) in [6, 6.07) is 15.0. The van der Waals surface area contributed by atoms with Crippen LogP contribution in [0.4, 0.5) is 4.39 Å². The molecule has 4 rings (SSSR count). The fourth-order valence-corrected chi connectivity index (χ4v) is 3.45. The van der Waals surface area contributed by atoms with Crippen molar-refractivity contribution in [2.75, 3.05) is 13.1 Å². The molecular formula is C19H20FN3. The number of imidazole rings is 1. The monoisotopic (exact) mass is 309 g/mol. The van der Waals surface area contributed by atoms with Gasteiger partial charge in [-0.15, -0.1) is 0 Å². The molecule has 0 radical (unpaired) electrons. The van der Waals surface area contributed by atoms with E-state index in [-0.39, 0.29) is 5.82 Å². The van der Waals surface area contributed by atoms with Crippen LogP contribution < -0.4 is 5.32 Å². The molecule has 1 atom stereocenters. The smallest absolute Gasteiger partial charge is 0.144 e. The summed E-state index contributed by atoms with van der Waals surface area (Å²) in [5, 5.41) is 3.46. The predicted octanol–water partition coefficient (Wildman–Crippen LogP) is 3.84. The zero-order valence-electron chi connectivity index (χ0n) is 13.0. The van der Waals surface area contributed by atoms with Crippen molar-refractivity contribution in [3.05, 3.63) is 54.3 Å². The number of piperidine rings is 1. The molecule has 0 bridgehead atoms. The third-order valence-corrected chi connectivity index (χ3v) is 4.61. The summed E-state index contributed by atoms with van der Waals surface area (Å²) in [4.78, 5) is 4.71. The van der Waals surface area contributed by atoms with Gasteiger partial charge in [-0.05, 0) is 56.1 Å². The third kappa shape index (κ3) is 2.75. The molecule has 118 valence electrons. The van der Waals surface area contributed by atoms with Gasteiger partial charge < -0.3 is 9.88 Å². The molecule has 1 N–H and O–H groups in total. The Hall–Kier alpha value is -2.20. The molecule has 2 aromatic carbocycles. The van der Waals surface area contributed by atoms with Crippen LogP contribution in [0.5, 0.6) is 0 Å². The van der Waals surface area contributed by atoms with Crippen molar-refractivity contribution in [3.8, 4) is 11.4 Å². The van der Waals surface area contributed by atoms with Gasteiger partial charge >= 0.3 is 0 Å². The number of nitrogens with zero attached hydrogens (tertiary/aromatic N) is 2. The van der Waals surface area contributed by atoms with E-state index in [1.165, 1.54) is 18.9 Å². The maximum absolute atomic E-state index is 14.3. The van der Waals surface area contributed by atoms with Gasteiger partial charge in [0.1, 0.15) is 11.6 Å². The first-order chi connectivity index (χ1) is 11.3. The van der Waals surface area contributed by atoms with Gasteiger partial charge in [-0.1, -0.05) is 24.3 Å². The van der Waals surface area contributed by atoms with Crippen LogP contribution in [-0.4, -0.2) is 22.6 Å². The number of hydrogen-bond acceptors (Lipinski definition) is 2. The van der Waals surface area contributed by atoms with E-state index in [1.54, 1.807) is 6.07 Å². The Balaban J connectivity index is 1.83. The Bertz CT molecular complexity index is 818. The fraction of sp³-hybridized carbons (Fsp3) is 0.316. The first-order valence-corrected chi connectivity index (χ1v) is 8.24. The van der Waals surface area contributed by atoms with Gasteiger partial charge in [0.25, 0.3) is 0 Å². The number of fused-ring (bicyclic) bond motifs is 1. The molecule has 2 heterocycles. The van der Waals surface area contributed by atoms with E-state index in [0.717, 1.165) is 36.5 Å². The summed E-state index contributed by atoms with van der Waals surface area (Å²) in [6.07, 6.45) is 2.41. The molecule has 3 nitrogen and oxygen atoms in total. The number of aromatic nitrogens is 2. The van der Waals surface area contributed by atoms with Crippen molar-refractivity contribution in [1.82, 2.24) is 14.9 Å². The van der Waals surface area contributed by atoms with Crippen LogP contribution in [0, 0.1) is 11.7 Å². The average molecular weight is 309 g/mol. The highest BCUT2D eigenvalue weighted by molar-refractivity contribution is 5.80. The maximum atomic E-state index is 14.3. The van der Waals surface area contributed by atoms with Crippen LogP contribution in [0.15, 0.2) is 48.5 Å². The van der Waals surface area contributed by atoms with Crippen LogP contribution in [-0.2, 0) is 6.54 Å². The first kappa shape index (κ1) is 14.4. The standard InChI is InChI=1S/C19H20FN3/c20-16-8-2-1-7-15(16)19-22-17-9-3-4-10-18(17)23(19)13-14-6-5-11-21-12-14/h1-4,7-10,14,21H,5-6,11-13H2. The lowest BCUT2D eigenvalue weighted by molar-refractivity contribution is 0.341. The van der Waals surface area contributed by atoms with E-state index in [4.69, 9.17) is 4.98 Å². The van der Waals surface area contributed by atoms with E-state index >= 15 is 0 Å². The minimum absolute atomic E-state index is 0.217. The number of halogens is 1. The molecule has 1 unspecified atom stereocenters. The second-order valence-corrected chi connectivity index (χ2v) is 6.23. The zero-order chi connectivity index (χ0) is 15.6. The highest BCUT2D eigenvalue weighted by Gasteiger charge is 2.20. The SMILES string of the molecule is Fc1ccccc1-c1nc2ccccc2n1CC1CCCNC1. The quantitative estimate of drug-likeness (QED) is 0.796. The zero-order valence-corrected chi connectivity index (χ0v) is 13.0. The van der Waals surface area contributed by atoms with Crippen molar-refractivity contribution in [2.24, 2.45) is 5.92 Å². The van der Waals surface area contributed by atoms with E-state index in [2.05, 4.69) is 16.0 Å². The third-order valence-electron chi connectivity index (χ3n) is 4.61. The Labute approximate surface area is 135 Å². The summed E-state index contributed by atoms with van der Waals surface area (Å²) in [5.41, 5.74) is 2.58. The van der Waals surface area contributed by atoms with Crippen LogP contribution in [0.3, 0.4) is 0 Å². The van der Waals surface area contributed by atoms with Crippen molar-refractivity contribution >= 4 is 11.0 Å². The Morgan fingerprint density at radius 3 is 2.78 bits per heavy atom. The molecule has 23 heavy (non-hydrogen) atoms. The van der Waals surface area contributed by atoms with E-state index in [1.807, 2.05) is 30.3 Å². The van der Waals surface area contributed by atoms with E-state index in [9.17, 15) is 4.39 Å². The van der Waals surface area contributed by atoms with E-state index in [0.29, 0.717) is 11.5 Å². The Morgan fingerprint density at radius 2 is 1.96 bits per heavy atom. The topological polar surface area (TPSA) is 29.9 Å². The van der Waals surface area contributed by atoms with Gasteiger partial charge in [0.05, 0.1) is 16.6 Å². The van der Waals surface area contributed by atoms with Crippen LogP contribution in [0.1, 0.15) is 12.8 Å². The van der Waals surface area contributed by atoms with Gasteiger partial charge in [-0.25, -0.2) is 9.37 Å². The molecule has 1 aliphatic rings. The molecular weight excluding hydrogens is 289 g/mol. The molecule has 1 aromatic heterocycles. The number of benzene rings is 2. The minimum Gasteiger partial charge on any atom is -0.324 e. The van der Waals surface area contributed by atoms with Gasteiger partial charge in [0.15, 0.2) is 0 Å². The largest absolute Gasteiger partial charge is 0.324 e. The van der Waals surface area contributed by atoms with Gasteiger partial charge in [0, 0.05) is 6.54 Å². The highest BCUT2D eigenvalue weighted by Crippen LogP contribution is 2.28. The lowest BCUT2D eigenvalue weighted by Crippen LogP contribution is -2.32. The van der Waals surface area contributed by atoms with Crippen LogP contribution >= 0.6 is 0 Å². The number of rotatable bonds is 3. The summed E-state index contributed by atoms with van der Waals surface area (Å²) in [5.74, 6) is 1.08. The lowest BCUT2D eigenvalue weighted by Gasteiger charge is -2.24. The molecule has 0 amide bonds. The van der Waals surface area contributed by atoms with Crippen molar-refractivity contribution < 1.29 is 4.39 Å². The number of hydrogen-bond donors (Lipinski definition) is 1. The molecule has 3 aromatic rings. The summed E-state index contributed by atoms with van der Waals surface area (Å²) in [6.45, 7) is 2.99. The van der Waals surface area contributed by atoms with E-state index < -0.39 is 0 Å². The van der Waals surface area contributed by atoms with Gasteiger partial charge in [-0.3, -0.25) is 0 Å². The minimum atomic E-state index is -0.217. The number of para-hydroxylation sites is 2. The summed E-state index contributed by atoms with van der Waals surface area (Å²) in [7, 11) is 0. The van der Waals surface area contributed by atoms with Gasteiger partial charge in [0.2, 0.25) is 0 Å². The molecule has 0 spiro atoms. The first-order valence-electron chi connectivity index (χ1n) is 8.24.